The minimum Gasteiger partial charge on any atom is -0.465 e. The van der Waals surface area contributed by atoms with Gasteiger partial charge in [0.05, 0.1) is 26.4 Å². The lowest BCUT2D eigenvalue weighted by Crippen LogP contribution is -2.35. The van der Waals surface area contributed by atoms with Crippen molar-refractivity contribution in [2.75, 3.05) is 39.8 Å². The second kappa shape index (κ2) is 34.0. The van der Waals surface area contributed by atoms with Crippen molar-refractivity contribution >= 4 is 17.9 Å². The van der Waals surface area contributed by atoms with E-state index in [1.54, 1.807) is 6.92 Å². The Kier molecular flexibility index (Phi) is 28.0. The molecule has 0 saturated heterocycles. The van der Waals surface area contributed by atoms with Crippen LogP contribution in [0.15, 0.2) is 24.8 Å². The van der Waals surface area contributed by atoms with E-state index in [0.29, 0.717) is 80.0 Å². The summed E-state index contributed by atoms with van der Waals surface area (Å²) in [5.41, 5.74) is 0.471. The van der Waals surface area contributed by atoms with Crippen LogP contribution in [0, 0.1) is 88.8 Å². The van der Waals surface area contributed by atoms with Gasteiger partial charge in [-0.15, -0.1) is 0 Å². The monoisotopic (exact) mass is 1030 g/mol. The predicted molar refractivity (Wildman–Crippen MR) is 301 cm³/mol. The molecule has 0 aromatic rings. The lowest BCUT2D eigenvalue weighted by molar-refractivity contribution is -0.145. The summed E-state index contributed by atoms with van der Waals surface area (Å²) in [6.45, 7) is 19.7. The highest BCUT2D eigenvalue weighted by molar-refractivity contribution is 5.86. The molecular weight excluding hydrogens is 921 g/mol. The van der Waals surface area contributed by atoms with Crippen LogP contribution in [-0.4, -0.2) is 57.7 Å². The molecule has 74 heavy (non-hydrogen) atoms. The minimum absolute atomic E-state index is 0.00658. The van der Waals surface area contributed by atoms with E-state index in [1.807, 2.05) is 0 Å². The SMILES string of the molecule is C=CC(=O)OCC1CC2C3CC(COCOCCCCCCC4C(CCCCCC)CCC(CCCCCCCC)C4CCCCCCC(=O)OCC4CC5CCC(COC(=O)C(=C)C)CC(C)C4C5)C(C3)C2C1. The van der Waals surface area contributed by atoms with Crippen molar-refractivity contribution in [3.63, 3.8) is 0 Å². The van der Waals surface area contributed by atoms with Crippen LogP contribution >= 0.6 is 0 Å². The third-order valence-electron chi connectivity index (χ3n) is 20.6. The maximum Gasteiger partial charge on any atom is 0.333 e. The van der Waals surface area contributed by atoms with Gasteiger partial charge in [-0.3, -0.25) is 4.79 Å². The first-order chi connectivity index (χ1) is 36.1. The Balaban J connectivity index is 0.885. The van der Waals surface area contributed by atoms with E-state index in [-0.39, 0.29) is 17.9 Å². The Labute approximate surface area is 453 Å². The van der Waals surface area contributed by atoms with Crippen molar-refractivity contribution in [3.05, 3.63) is 24.8 Å². The second-order valence-electron chi connectivity index (χ2n) is 26.0. The average molecular weight is 1030 g/mol. The Morgan fingerprint density at radius 1 is 0.514 bits per heavy atom. The van der Waals surface area contributed by atoms with E-state index in [9.17, 15) is 14.4 Å². The molecule has 0 N–H and O–H groups in total. The number of esters is 3. The first-order valence-corrected chi connectivity index (χ1v) is 32.0. The van der Waals surface area contributed by atoms with Crippen LogP contribution in [0.4, 0.5) is 0 Å². The van der Waals surface area contributed by atoms with E-state index in [2.05, 4.69) is 33.9 Å². The van der Waals surface area contributed by atoms with E-state index >= 15 is 0 Å². The van der Waals surface area contributed by atoms with Gasteiger partial charge >= 0.3 is 17.9 Å². The first-order valence-electron chi connectivity index (χ1n) is 32.0. The summed E-state index contributed by atoms with van der Waals surface area (Å²) in [6, 6.07) is 0. The van der Waals surface area contributed by atoms with Gasteiger partial charge in [0.15, 0.2) is 0 Å². The molecule has 8 nitrogen and oxygen atoms in total. The highest BCUT2D eigenvalue weighted by Gasteiger charge is 2.56. The number of rotatable bonds is 38. The van der Waals surface area contributed by atoms with Gasteiger partial charge < -0.3 is 23.7 Å². The van der Waals surface area contributed by atoms with Crippen LogP contribution in [0.1, 0.15) is 246 Å². The zero-order chi connectivity index (χ0) is 52.5. The number of ether oxygens (including phenoxy) is 5. The molecule has 6 rings (SSSR count). The van der Waals surface area contributed by atoms with Gasteiger partial charge in [0, 0.05) is 24.7 Å². The van der Waals surface area contributed by atoms with Gasteiger partial charge in [-0.2, -0.15) is 0 Å². The molecule has 424 valence electrons. The van der Waals surface area contributed by atoms with Gasteiger partial charge in [0.25, 0.3) is 0 Å². The van der Waals surface area contributed by atoms with E-state index in [0.717, 1.165) is 92.7 Å². The Morgan fingerprint density at radius 3 is 1.81 bits per heavy atom. The zero-order valence-corrected chi connectivity index (χ0v) is 48.2. The first kappa shape index (κ1) is 61.0. The van der Waals surface area contributed by atoms with Gasteiger partial charge in [0.1, 0.15) is 6.79 Å². The fourth-order valence-corrected chi connectivity index (χ4v) is 16.8. The number of hydrogen-bond donors (Lipinski definition) is 0. The van der Waals surface area contributed by atoms with Crippen LogP contribution in [0.2, 0.25) is 0 Å². The molecule has 0 spiro atoms. The molecule has 4 bridgehead atoms. The number of carbonyl (C=O) groups excluding carboxylic acids is 3. The molecule has 0 radical (unpaired) electrons. The smallest absolute Gasteiger partial charge is 0.333 e. The molecule has 8 heteroatoms. The van der Waals surface area contributed by atoms with Gasteiger partial charge in [0.2, 0.25) is 0 Å². The Bertz CT molecular complexity index is 1630. The van der Waals surface area contributed by atoms with E-state index in [1.165, 1.54) is 186 Å². The molecule has 6 aliphatic carbocycles. The predicted octanol–water partition coefficient (Wildman–Crippen LogP) is 17.0. The summed E-state index contributed by atoms with van der Waals surface area (Å²) in [6.07, 6.45) is 44.8. The highest BCUT2D eigenvalue weighted by Crippen LogP contribution is 2.62. The summed E-state index contributed by atoms with van der Waals surface area (Å²) >= 11 is 0. The molecule has 6 saturated carbocycles. The minimum atomic E-state index is -0.289. The number of hydrogen-bond acceptors (Lipinski definition) is 8. The normalized spacial score (nSPS) is 32.2. The summed E-state index contributed by atoms with van der Waals surface area (Å²) in [7, 11) is 0. The standard InChI is InChI=1S/C66H112O8/c1-7-10-12-14-15-21-27-54-34-33-53(26-20-13-11-8-2)59(29-23-18-19-25-35-70-47-71-45-57-41-55-42-62(57)63-40-52(39-61(55)63)44-72-64(67)9-3)58(54)28-22-16-17-24-30-65(68)73-46-56-37-50-31-32-51(36-49(6)60(56)38-50)43-74-66(69)48(4)5/h9,49-63H,3-4,7-8,10-47H2,1-2,5-6H3. The maximum absolute atomic E-state index is 13.1. The fraction of sp³-hybridized carbons (Fsp3) is 0.894. The summed E-state index contributed by atoms with van der Waals surface area (Å²) < 4.78 is 29.3. The van der Waals surface area contributed by atoms with Crippen molar-refractivity contribution in [1.29, 1.82) is 0 Å². The molecule has 0 heterocycles. The third-order valence-corrected chi connectivity index (χ3v) is 20.6. The van der Waals surface area contributed by atoms with Crippen molar-refractivity contribution in [1.82, 2.24) is 0 Å². The van der Waals surface area contributed by atoms with Crippen molar-refractivity contribution in [3.8, 4) is 0 Å². The highest BCUT2D eigenvalue weighted by atomic mass is 16.7. The van der Waals surface area contributed by atoms with Crippen molar-refractivity contribution < 1.29 is 38.1 Å². The zero-order valence-electron chi connectivity index (χ0n) is 48.2. The third kappa shape index (κ3) is 19.9. The van der Waals surface area contributed by atoms with Crippen molar-refractivity contribution in [2.24, 2.45) is 88.8 Å². The summed E-state index contributed by atoms with van der Waals surface area (Å²) in [4.78, 5) is 36.8. The molecule has 15 atom stereocenters. The lowest BCUT2D eigenvalue weighted by atomic mass is 9.61. The second-order valence-corrected chi connectivity index (χ2v) is 26.0. The molecular formula is C66H112O8. The molecule has 15 unspecified atom stereocenters. The van der Waals surface area contributed by atoms with Crippen LogP contribution in [-0.2, 0) is 38.1 Å². The fourth-order valence-electron chi connectivity index (χ4n) is 16.8. The maximum atomic E-state index is 13.1. The number of unbranched alkanes of at least 4 members (excludes halogenated alkanes) is 14. The molecule has 6 fully saturated rings. The van der Waals surface area contributed by atoms with Gasteiger partial charge in [-0.1, -0.05) is 156 Å². The lowest BCUT2D eigenvalue weighted by Gasteiger charge is -2.44. The average Bonchev–Trinajstić information content (AvgIpc) is 4.20. The van der Waals surface area contributed by atoms with Crippen molar-refractivity contribution in [2.45, 2.75) is 246 Å². The number of carbonyl (C=O) groups is 3. The van der Waals surface area contributed by atoms with E-state index in [4.69, 9.17) is 23.7 Å². The molecule has 0 amide bonds. The Hall–Kier alpha value is -2.19. The summed E-state index contributed by atoms with van der Waals surface area (Å²) in [5, 5.41) is 0. The van der Waals surface area contributed by atoms with Crippen LogP contribution < -0.4 is 0 Å². The van der Waals surface area contributed by atoms with Crippen LogP contribution in [0.3, 0.4) is 0 Å². The molecule has 0 aliphatic heterocycles. The molecule has 6 aliphatic rings. The number of fused-ring (bicyclic) bond motifs is 7. The topological polar surface area (TPSA) is 97.4 Å². The van der Waals surface area contributed by atoms with Crippen LogP contribution in [0.5, 0.6) is 0 Å². The van der Waals surface area contributed by atoms with Crippen LogP contribution in [0.25, 0.3) is 0 Å². The van der Waals surface area contributed by atoms with Gasteiger partial charge in [-0.25, -0.2) is 9.59 Å². The van der Waals surface area contributed by atoms with E-state index < -0.39 is 0 Å². The Morgan fingerprint density at radius 2 is 1.12 bits per heavy atom. The quantitative estimate of drug-likeness (QED) is 0.0198. The molecule has 0 aromatic heterocycles. The molecule has 0 aromatic carbocycles. The van der Waals surface area contributed by atoms with Gasteiger partial charge in [-0.05, 0) is 186 Å². The largest absolute Gasteiger partial charge is 0.465 e. The summed E-state index contributed by atoms with van der Waals surface area (Å²) in [5.74, 6) is 10.1.